The molecule has 0 saturated heterocycles. The van der Waals surface area contributed by atoms with E-state index in [0.29, 0.717) is 11.5 Å². The van der Waals surface area contributed by atoms with E-state index in [4.69, 9.17) is 5.73 Å². The number of nitrogen functional groups attached to an aromatic ring is 1. The predicted octanol–water partition coefficient (Wildman–Crippen LogP) is 3.32. The van der Waals surface area contributed by atoms with Crippen LogP contribution in [0.5, 0.6) is 0 Å². The van der Waals surface area contributed by atoms with Gasteiger partial charge in [-0.15, -0.1) is 0 Å². The molecule has 2 rings (SSSR count). The molecule has 0 saturated carbocycles. The molecule has 4 heteroatoms. The number of rotatable bonds is 2. The third-order valence-electron chi connectivity index (χ3n) is 2.28. The van der Waals surface area contributed by atoms with Crippen molar-refractivity contribution in [1.29, 1.82) is 0 Å². The van der Waals surface area contributed by atoms with Crippen LogP contribution in [0, 0.1) is 10.5 Å². The lowest BCUT2D eigenvalue weighted by molar-refractivity contribution is 1.30. The number of nitrogens with one attached hydrogen (secondary N) is 1. The molecule has 3 N–H and O–H groups in total. The van der Waals surface area contributed by atoms with Crippen LogP contribution in [-0.4, -0.2) is 4.98 Å². The van der Waals surface area contributed by atoms with E-state index in [1.165, 1.54) is 9.13 Å². The van der Waals surface area contributed by atoms with Crippen molar-refractivity contribution in [3.05, 3.63) is 45.7 Å². The predicted molar refractivity (Wildman–Crippen MR) is 75.8 cm³/mol. The van der Waals surface area contributed by atoms with Crippen LogP contribution in [-0.2, 0) is 0 Å². The van der Waals surface area contributed by atoms with Crippen LogP contribution in [0.15, 0.2) is 36.5 Å². The van der Waals surface area contributed by atoms with E-state index in [1.807, 2.05) is 18.2 Å². The average Bonchev–Trinajstić information content (AvgIpc) is 2.25. The molecular formula is C12H12IN3. The van der Waals surface area contributed by atoms with Crippen molar-refractivity contribution in [1.82, 2.24) is 4.98 Å². The summed E-state index contributed by atoms with van der Waals surface area (Å²) in [4.78, 5) is 4.20. The Bertz CT molecular complexity index is 511. The highest BCUT2D eigenvalue weighted by Gasteiger charge is 2.02. The summed E-state index contributed by atoms with van der Waals surface area (Å²) in [5, 5.41) is 3.23. The second-order valence-electron chi connectivity index (χ2n) is 3.53. The van der Waals surface area contributed by atoms with E-state index >= 15 is 0 Å². The molecule has 3 nitrogen and oxygen atoms in total. The van der Waals surface area contributed by atoms with Gasteiger partial charge in [0, 0.05) is 15.5 Å². The second-order valence-corrected chi connectivity index (χ2v) is 4.77. The number of benzene rings is 1. The lowest BCUT2D eigenvalue weighted by Gasteiger charge is -2.10. The van der Waals surface area contributed by atoms with Gasteiger partial charge in [0.05, 0.1) is 5.69 Å². The van der Waals surface area contributed by atoms with E-state index in [0.717, 1.165) is 5.69 Å². The molecule has 82 valence electrons. The first-order chi connectivity index (χ1) is 7.66. The number of pyridine rings is 1. The van der Waals surface area contributed by atoms with Gasteiger partial charge >= 0.3 is 0 Å². The lowest BCUT2D eigenvalue weighted by atomic mass is 10.2. The van der Waals surface area contributed by atoms with Crippen LogP contribution in [0.25, 0.3) is 0 Å². The monoisotopic (exact) mass is 325 g/mol. The fourth-order valence-corrected chi connectivity index (χ4v) is 2.06. The number of anilines is 3. The quantitative estimate of drug-likeness (QED) is 0.833. The topological polar surface area (TPSA) is 50.9 Å². The Morgan fingerprint density at radius 2 is 2.12 bits per heavy atom. The van der Waals surface area contributed by atoms with E-state index in [9.17, 15) is 0 Å². The molecule has 0 aliphatic heterocycles. The molecule has 16 heavy (non-hydrogen) atoms. The van der Waals surface area contributed by atoms with Crippen LogP contribution in [0.3, 0.4) is 0 Å². The number of hydrogen-bond acceptors (Lipinski definition) is 3. The minimum atomic E-state index is 0.653. The standard InChI is InChI=1S/C12H12IN3/c1-8-7-9(13)4-5-11(8)16-12-10(14)3-2-6-15-12/h2-7H,14H2,1H3,(H,15,16). The van der Waals surface area contributed by atoms with Gasteiger partial charge in [-0.2, -0.15) is 0 Å². The molecule has 0 radical (unpaired) electrons. The first kappa shape index (κ1) is 11.2. The zero-order valence-corrected chi connectivity index (χ0v) is 11.0. The number of aryl methyl sites for hydroxylation is 1. The van der Waals surface area contributed by atoms with Gasteiger partial charge in [0.15, 0.2) is 5.82 Å². The van der Waals surface area contributed by atoms with Crippen molar-refractivity contribution in [3.63, 3.8) is 0 Å². The molecule has 0 atom stereocenters. The number of nitrogens with two attached hydrogens (primary N) is 1. The van der Waals surface area contributed by atoms with Crippen LogP contribution in [0.1, 0.15) is 5.56 Å². The highest BCUT2D eigenvalue weighted by atomic mass is 127. The second kappa shape index (κ2) is 4.69. The van der Waals surface area contributed by atoms with Crippen molar-refractivity contribution in [2.75, 3.05) is 11.1 Å². The molecule has 1 heterocycles. The Morgan fingerprint density at radius 1 is 1.31 bits per heavy atom. The summed E-state index contributed by atoms with van der Waals surface area (Å²) in [6.07, 6.45) is 1.72. The van der Waals surface area contributed by atoms with Crippen LogP contribution >= 0.6 is 22.6 Å². The molecule has 0 bridgehead atoms. The minimum Gasteiger partial charge on any atom is -0.396 e. The maximum absolute atomic E-state index is 5.82. The van der Waals surface area contributed by atoms with E-state index in [-0.39, 0.29) is 0 Å². The summed E-state index contributed by atoms with van der Waals surface area (Å²) in [6, 6.07) is 9.85. The van der Waals surface area contributed by atoms with Crippen molar-refractivity contribution in [2.24, 2.45) is 0 Å². The summed E-state index contributed by atoms with van der Waals surface area (Å²) >= 11 is 2.29. The van der Waals surface area contributed by atoms with Gasteiger partial charge in [-0.05, 0) is 65.4 Å². The van der Waals surface area contributed by atoms with Crippen molar-refractivity contribution < 1.29 is 0 Å². The molecular weight excluding hydrogens is 313 g/mol. The Kier molecular flexibility index (Phi) is 3.28. The summed E-state index contributed by atoms with van der Waals surface area (Å²) in [6.45, 7) is 2.06. The van der Waals surface area contributed by atoms with Gasteiger partial charge in [0.25, 0.3) is 0 Å². The Morgan fingerprint density at radius 3 is 2.81 bits per heavy atom. The number of aromatic nitrogens is 1. The first-order valence-electron chi connectivity index (χ1n) is 4.90. The van der Waals surface area contributed by atoms with Gasteiger partial charge in [-0.25, -0.2) is 4.98 Å². The van der Waals surface area contributed by atoms with Gasteiger partial charge in [0.2, 0.25) is 0 Å². The summed E-state index contributed by atoms with van der Waals surface area (Å²) in [5.41, 5.74) is 8.69. The normalized spacial score (nSPS) is 10.1. The van der Waals surface area contributed by atoms with E-state index in [1.54, 1.807) is 6.20 Å². The van der Waals surface area contributed by atoms with Crippen LogP contribution in [0.2, 0.25) is 0 Å². The first-order valence-corrected chi connectivity index (χ1v) is 5.98. The summed E-state index contributed by atoms with van der Waals surface area (Å²) in [7, 11) is 0. The maximum atomic E-state index is 5.82. The van der Waals surface area contributed by atoms with Crippen molar-refractivity contribution in [3.8, 4) is 0 Å². The largest absolute Gasteiger partial charge is 0.396 e. The maximum Gasteiger partial charge on any atom is 0.153 e. The summed E-state index contributed by atoms with van der Waals surface area (Å²) < 4.78 is 1.22. The fourth-order valence-electron chi connectivity index (χ4n) is 1.42. The summed E-state index contributed by atoms with van der Waals surface area (Å²) in [5.74, 6) is 0.701. The molecule has 1 aromatic heterocycles. The van der Waals surface area contributed by atoms with Gasteiger partial charge in [0.1, 0.15) is 0 Å². The molecule has 0 spiro atoms. The SMILES string of the molecule is Cc1cc(I)ccc1Nc1ncccc1N. The molecule has 0 amide bonds. The number of halogens is 1. The highest BCUT2D eigenvalue weighted by molar-refractivity contribution is 14.1. The smallest absolute Gasteiger partial charge is 0.153 e. The Balaban J connectivity index is 2.31. The van der Waals surface area contributed by atoms with Crippen LogP contribution in [0.4, 0.5) is 17.2 Å². The highest BCUT2D eigenvalue weighted by Crippen LogP contribution is 2.23. The molecule has 2 aromatic rings. The molecule has 1 aromatic carbocycles. The Hall–Kier alpha value is -1.30. The zero-order chi connectivity index (χ0) is 11.5. The molecule has 0 aliphatic carbocycles. The number of nitrogens with zero attached hydrogens (tertiary/aromatic N) is 1. The van der Waals surface area contributed by atoms with E-state index < -0.39 is 0 Å². The average molecular weight is 325 g/mol. The van der Waals surface area contributed by atoms with Crippen LogP contribution < -0.4 is 11.1 Å². The fraction of sp³-hybridized carbons (Fsp3) is 0.0833. The third-order valence-corrected chi connectivity index (χ3v) is 2.95. The van der Waals surface area contributed by atoms with Gasteiger partial charge in [-0.3, -0.25) is 0 Å². The molecule has 0 unspecified atom stereocenters. The van der Waals surface area contributed by atoms with Crippen molar-refractivity contribution >= 4 is 39.8 Å². The van der Waals surface area contributed by atoms with Gasteiger partial charge < -0.3 is 11.1 Å². The molecule has 0 fully saturated rings. The Labute approximate surface area is 108 Å². The zero-order valence-electron chi connectivity index (χ0n) is 8.87. The van der Waals surface area contributed by atoms with Crippen molar-refractivity contribution in [2.45, 2.75) is 6.92 Å². The van der Waals surface area contributed by atoms with E-state index in [2.05, 4.69) is 51.9 Å². The lowest BCUT2D eigenvalue weighted by Crippen LogP contribution is -1.99. The number of hydrogen-bond donors (Lipinski definition) is 2. The molecule has 0 aliphatic rings. The minimum absolute atomic E-state index is 0.653. The third kappa shape index (κ3) is 2.44. The van der Waals surface area contributed by atoms with Gasteiger partial charge in [-0.1, -0.05) is 0 Å².